The van der Waals surface area contributed by atoms with E-state index < -0.39 is 5.82 Å². The van der Waals surface area contributed by atoms with Gasteiger partial charge in [0.15, 0.2) is 17.3 Å². The van der Waals surface area contributed by atoms with E-state index in [4.69, 9.17) is 25.8 Å². The lowest BCUT2D eigenvalue weighted by molar-refractivity contribution is 0.0981. The minimum absolute atomic E-state index is 0.0792. The van der Waals surface area contributed by atoms with Gasteiger partial charge in [-0.25, -0.2) is 14.4 Å². The highest BCUT2D eigenvalue weighted by Crippen LogP contribution is 2.35. The number of hydrogen-bond acceptors (Lipinski definition) is 9. The van der Waals surface area contributed by atoms with E-state index in [1.54, 1.807) is 20.1 Å². The third-order valence-corrected chi connectivity index (χ3v) is 8.49. The van der Waals surface area contributed by atoms with E-state index in [0.29, 0.717) is 28.3 Å². The first-order valence-corrected chi connectivity index (χ1v) is 14.3. The second-order valence-electron chi connectivity index (χ2n) is 10.6. The molecule has 11 heteroatoms. The smallest absolute Gasteiger partial charge is 0.227 e. The summed E-state index contributed by atoms with van der Waals surface area (Å²) in [6, 6.07) is 8.28. The summed E-state index contributed by atoms with van der Waals surface area (Å²) >= 11 is 6.30. The summed E-state index contributed by atoms with van der Waals surface area (Å²) in [6.45, 7) is 8.36. The number of aromatic nitrogens is 2. The minimum atomic E-state index is -0.542. The maximum Gasteiger partial charge on any atom is 0.227 e. The first-order chi connectivity index (χ1) is 19.9. The Labute approximate surface area is 246 Å². The number of methoxy groups -OCH3 is 2. The van der Waals surface area contributed by atoms with Crippen molar-refractivity contribution >= 4 is 28.9 Å². The Bertz CT molecular complexity index is 1330. The van der Waals surface area contributed by atoms with Gasteiger partial charge in [-0.1, -0.05) is 11.6 Å². The molecule has 2 saturated heterocycles. The predicted molar refractivity (Wildman–Crippen MR) is 160 cm³/mol. The number of nitrogens with zero attached hydrogens (tertiary/aromatic N) is 5. The Hall–Kier alpha value is -3.34. The molecule has 2 fully saturated rings. The van der Waals surface area contributed by atoms with Crippen LogP contribution in [0.3, 0.4) is 0 Å². The summed E-state index contributed by atoms with van der Waals surface area (Å²) in [5.41, 5.74) is 2.84. The molecule has 2 aliphatic rings. The number of benzene rings is 2. The van der Waals surface area contributed by atoms with Crippen LogP contribution in [0.25, 0.3) is 0 Å². The molecule has 3 aromatic rings. The van der Waals surface area contributed by atoms with Crippen LogP contribution in [0, 0.1) is 12.7 Å². The van der Waals surface area contributed by atoms with E-state index in [-0.39, 0.29) is 17.9 Å². The average molecular weight is 585 g/mol. The molecule has 1 N–H and O–H groups in total. The van der Waals surface area contributed by atoms with Crippen LogP contribution in [0.15, 0.2) is 36.7 Å². The summed E-state index contributed by atoms with van der Waals surface area (Å²) < 4.78 is 31.3. The molecular weight excluding hydrogens is 547 g/mol. The summed E-state index contributed by atoms with van der Waals surface area (Å²) in [4.78, 5) is 16.2. The first-order valence-electron chi connectivity index (χ1n) is 13.9. The zero-order valence-electron chi connectivity index (χ0n) is 24.1. The fourth-order valence-electron chi connectivity index (χ4n) is 5.50. The van der Waals surface area contributed by atoms with Crippen molar-refractivity contribution in [2.75, 3.05) is 70.8 Å². The number of piperazine rings is 1. The van der Waals surface area contributed by atoms with Gasteiger partial charge in [-0.05, 0) is 50.6 Å². The topological polar surface area (TPSA) is 75.2 Å². The Morgan fingerprint density at radius 3 is 2.32 bits per heavy atom. The van der Waals surface area contributed by atoms with Crippen molar-refractivity contribution < 1.29 is 18.6 Å². The zero-order chi connectivity index (χ0) is 28.9. The molecule has 41 heavy (non-hydrogen) atoms. The Morgan fingerprint density at radius 2 is 1.66 bits per heavy atom. The number of rotatable bonds is 9. The van der Waals surface area contributed by atoms with Crippen molar-refractivity contribution in [1.29, 1.82) is 0 Å². The third-order valence-electron chi connectivity index (χ3n) is 7.97. The molecule has 1 aromatic heterocycles. The number of likely N-dealkylation sites (N-methyl/N-ethyl adjacent to an activating group) is 1. The second kappa shape index (κ2) is 13.1. The fraction of sp³-hybridized carbons (Fsp3) is 0.467. The van der Waals surface area contributed by atoms with E-state index >= 15 is 0 Å². The molecule has 3 heterocycles. The van der Waals surface area contributed by atoms with Gasteiger partial charge in [-0.2, -0.15) is 0 Å². The van der Waals surface area contributed by atoms with Crippen molar-refractivity contribution in [2.24, 2.45) is 0 Å². The maximum atomic E-state index is 14.7. The van der Waals surface area contributed by atoms with E-state index in [1.165, 1.54) is 19.5 Å². The number of hydrogen-bond donors (Lipinski definition) is 1. The van der Waals surface area contributed by atoms with Gasteiger partial charge in [0.05, 0.1) is 37.3 Å². The minimum Gasteiger partial charge on any atom is -0.495 e. The van der Waals surface area contributed by atoms with Gasteiger partial charge in [0.25, 0.3) is 0 Å². The molecule has 0 amide bonds. The molecule has 0 unspecified atom stereocenters. The van der Waals surface area contributed by atoms with Crippen molar-refractivity contribution in [3.8, 4) is 17.2 Å². The Morgan fingerprint density at radius 1 is 0.976 bits per heavy atom. The normalized spacial score (nSPS) is 17.0. The predicted octanol–water partition coefficient (Wildman–Crippen LogP) is 5.13. The number of nitrogens with one attached hydrogen (secondary N) is 1. The third kappa shape index (κ3) is 6.77. The maximum absolute atomic E-state index is 14.7. The molecule has 9 nitrogen and oxygen atoms in total. The van der Waals surface area contributed by atoms with Crippen molar-refractivity contribution in [2.45, 2.75) is 32.4 Å². The van der Waals surface area contributed by atoms with E-state index in [0.717, 1.165) is 69.2 Å². The number of anilines is 3. The molecule has 0 saturated carbocycles. The average Bonchev–Trinajstić information content (AvgIpc) is 3.00. The Kier molecular flexibility index (Phi) is 9.32. The van der Waals surface area contributed by atoms with Crippen LogP contribution in [0.4, 0.5) is 21.7 Å². The molecule has 2 aromatic carbocycles. The van der Waals surface area contributed by atoms with Gasteiger partial charge in [-0.3, -0.25) is 4.90 Å². The van der Waals surface area contributed by atoms with Crippen molar-refractivity contribution in [1.82, 2.24) is 19.8 Å². The van der Waals surface area contributed by atoms with Gasteiger partial charge < -0.3 is 29.3 Å². The van der Waals surface area contributed by atoms with Crippen LogP contribution in [0.1, 0.15) is 24.0 Å². The van der Waals surface area contributed by atoms with Gasteiger partial charge in [0, 0.05) is 62.6 Å². The van der Waals surface area contributed by atoms with Crippen molar-refractivity contribution in [3.63, 3.8) is 0 Å². The first kappa shape index (κ1) is 29.2. The van der Waals surface area contributed by atoms with Gasteiger partial charge >= 0.3 is 0 Å². The summed E-state index contributed by atoms with van der Waals surface area (Å²) in [6.07, 6.45) is 5.38. The molecule has 0 radical (unpaired) electrons. The highest BCUT2D eigenvalue weighted by molar-refractivity contribution is 6.32. The monoisotopic (exact) mass is 584 g/mol. The van der Waals surface area contributed by atoms with Crippen molar-refractivity contribution in [3.05, 3.63) is 58.6 Å². The Balaban J connectivity index is 1.18. The molecule has 0 atom stereocenters. The lowest BCUT2D eigenvalue weighted by Gasteiger charge is -2.42. The molecule has 2 aliphatic heterocycles. The van der Waals surface area contributed by atoms with Gasteiger partial charge in [-0.15, -0.1) is 0 Å². The highest BCUT2D eigenvalue weighted by Gasteiger charge is 2.27. The fourth-order valence-corrected chi connectivity index (χ4v) is 5.69. The number of aryl methyl sites for hydroxylation is 1. The molecule has 0 spiro atoms. The quantitative estimate of drug-likeness (QED) is 0.368. The van der Waals surface area contributed by atoms with Crippen LogP contribution in [0.5, 0.6) is 17.2 Å². The number of ether oxygens (including phenoxy) is 3. The number of halogens is 2. The SMILES string of the molecule is COc1cc(Nc2ncc(OCc3c(F)c(OC)cc(C)c3Cl)cn2)ccc1N1CCC(N2CCN(C)CC2)CC1. The lowest BCUT2D eigenvalue weighted by Crippen LogP contribution is -2.52. The van der Waals surface area contributed by atoms with Crippen LogP contribution in [0.2, 0.25) is 5.02 Å². The molecule has 0 aliphatic carbocycles. The van der Waals surface area contributed by atoms with E-state index in [1.807, 2.05) is 12.1 Å². The lowest BCUT2D eigenvalue weighted by atomic mass is 10.0. The standard InChI is InChI=1S/C30H38ClFN6O3/c1-20-15-27(40-4)29(32)24(28(20)31)19-41-23-17-33-30(34-18-23)35-21-5-6-25(26(16-21)39-3)38-9-7-22(8-10-38)37-13-11-36(2)12-14-37/h5-6,15-18,22H,7-14,19H2,1-4H3,(H,33,34,35). The molecule has 220 valence electrons. The van der Waals surface area contributed by atoms with Crippen LogP contribution in [-0.2, 0) is 6.61 Å². The molecule has 5 rings (SSSR count). The summed E-state index contributed by atoms with van der Waals surface area (Å²) in [7, 11) is 5.31. The molecule has 0 bridgehead atoms. The van der Waals surface area contributed by atoms with Gasteiger partial charge in [0.2, 0.25) is 5.95 Å². The van der Waals surface area contributed by atoms with Crippen LogP contribution in [-0.4, -0.2) is 86.3 Å². The largest absolute Gasteiger partial charge is 0.495 e. The zero-order valence-corrected chi connectivity index (χ0v) is 24.9. The van der Waals surface area contributed by atoms with Crippen LogP contribution < -0.4 is 24.4 Å². The van der Waals surface area contributed by atoms with Gasteiger partial charge in [0.1, 0.15) is 12.4 Å². The highest BCUT2D eigenvalue weighted by atomic mass is 35.5. The number of piperidine rings is 1. The summed E-state index contributed by atoms with van der Waals surface area (Å²) in [5.74, 6) is 1.18. The van der Waals surface area contributed by atoms with E-state index in [2.05, 4.69) is 43.1 Å². The molecular formula is C30H38ClFN6O3. The second-order valence-corrected chi connectivity index (χ2v) is 11.0. The van der Waals surface area contributed by atoms with Crippen LogP contribution >= 0.6 is 11.6 Å². The van der Waals surface area contributed by atoms with E-state index in [9.17, 15) is 4.39 Å². The summed E-state index contributed by atoms with van der Waals surface area (Å²) in [5, 5.41) is 3.52.